The minimum absolute atomic E-state index is 0.0240. The van der Waals surface area contributed by atoms with E-state index in [4.69, 9.17) is 55.9 Å². The highest BCUT2D eigenvalue weighted by Gasteiger charge is 2.16. The highest BCUT2D eigenvalue weighted by atomic mass is 35.5. The number of benzene rings is 1. The predicted molar refractivity (Wildman–Crippen MR) is 96.4 cm³/mol. The fourth-order valence-electron chi connectivity index (χ4n) is 1.65. The van der Waals surface area contributed by atoms with Crippen LogP contribution in [0.5, 0.6) is 5.75 Å². The molecule has 0 saturated heterocycles. The smallest absolute Gasteiger partial charge is 0.336 e. The minimum atomic E-state index is -0.825. The van der Waals surface area contributed by atoms with Crippen molar-refractivity contribution in [3.05, 3.63) is 38.3 Å². The number of ether oxygens (including phenoxy) is 2. The molecule has 132 valence electrons. The average Bonchev–Trinajstić information content (AvgIpc) is 2.55. The molecular weight excluding hydrogens is 398 g/mol. The van der Waals surface area contributed by atoms with Gasteiger partial charge in [0.1, 0.15) is 5.02 Å². The predicted octanol–water partition coefficient (Wildman–Crippen LogP) is 5.89. The van der Waals surface area contributed by atoms with Gasteiger partial charge in [0, 0.05) is 18.2 Å². The van der Waals surface area contributed by atoms with Gasteiger partial charge in [-0.2, -0.15) is 0 Å². The molecule has 0 N–H and O–H groups in total. The molecule has 0 aromatic heterocycles. The summed E-state index contributed by atoms with van der Waals surface area (Å²) in [7, 11) is 0. The standard InChI is InChI=1S/C16H16Cl4O4/c1-2-3-4-5-8-23-12(21)6-7-13(22)24-11-9-10(17)14(18)16(20)15(11)19/h6-7,9H,2-5,8H2,1H3/b7-6+. The maximum Gasteiger partial charge on any atom is 0.336 e. The molecule has 0 heterocycles. The van der Waals surface area contributed by atoms with Gasteiger partial charge in [0.2, 0.25) is 0 Å². The number of carbonyl (C=O) groups is 2. The van der Waals surface area contributed by atoms with Crippen molar-refractivity contribution in [2.45, 2.75) is 32.6 Å². The third-order valence-corrected chi connectivity index (χ3v) is 4.61. The number of hydrogen-bond acceptors (Lipinski definition) is 4. The molecule has 0 bridgehead atoms. The summed E-state index contributed by atoms with van der Waals surface area (Å²) in [5.41, 5.74) is 0. The van der Waals surface area contributed by atoms with Crippen LogP contribution < -0.4 is 4.74 Å². The molecular formula is C16H16Cl4O4. The van der Waals surface area contributed by atoms with E-state index >= 15 is 0 Å². The Kier molecular flexibility index (Phi) is 9.52. The zero-order chi connectivity index (χ0) is 18.1. The zero-order valence-electron chi connectivity index (χ0n) is 12.9. The Hall–Kier alpha value is -0.940. The quantitative estimate of drug-likeness (QED) is 0.133. The van der Waals surface area contributed by atoms with Crippen LogP contribution in [-0.2, 0) is 14.3 Å². The summed E-state index contributed by atoms with van der Waals surface area (Å²) in [5.74, 6) is -1.50. The van der Waals surface area contributed by atoms with Crippen LogP contribution in [-0.4, -0.2) is 18.5 Å². The second kappa shape index (κ2) is 10.8. The summed E-state index contributed by atoms with van der Waals surface area (Å²) in [5, 5.41) is 0.0741. The molecule has 0 amide bonds. The molecule has 0 aliphatic carbocycles. The van der Waals surface area contributed by atoms with Gasteiger partial charge in [0.15, 0.2) is 5.75 Å². The van der Waals surface area contributed by atoms with Crippen LogP contribution >= 0.6 is 46.4 Å². The van der Waals surface area contributed by atoms with E-state index < -0.39 is 11.9 Å². The van der Waals surface area contributed by atoms with Crippen molar-refractivity contribution in [3.8, 4) is 5.75 Å². The summed E-state index contributed by atoms with van der Waals surface area (Å²) >= 11 is 23.4. The molecule has 0 aliphatic heterocycles. The number of halogens is 4. The molecule has 1 aromatic rings. The van der Waals surface area contributed by atoms with E-state index in [0.29, 0.717) is 6.61 Å². The van der Waals surface area contributed by atoms with Crippen LogP contribution in [0.25, 0.3) is 0 Å². The molecule has 0 fully saturated rings. The molecule has 0 unspecified atom stereocenters. The van der Waals surface area contributed by atoms with Crippen LogP contribution in [0.2, 0.25) is 20.1 Å². The zero-order valence-corrected chi connectivity index (χ0v) is 15.9. The molecule has 0 radical (unpaired) electrons. The molecule has 24 heavy (non-hydrogen) atoms. The average molecular weight is 414 g/mol. The molecule has 0 aliphatic rings. The Morgan fingerprint density at radius 3 is 2.29 bits per heavy atom. The van der Waals surface area contributed by atoms with Crippen LogP contribution in [0.3, 0.4) is 0 Å². The lowest BCUT2D eigenvalue weighted by Gasteiger charge is -2.08. The normalized spacial score (nSPS) is 10.9. The van der Waals surface area contributed by atoms with Crippen LogP contribution in [0.15, 0.2) is 18.2 Å². The lowest BCUT2D eigenvalue weighted by molar-refractivity contribution is -0.138. The van der Waals surface area contributed by atoms with Gasteiger partial charge in [-0.05, 0) is 6.42 Å². The van der Waals surface area contributed by atoms with Crippen molar-refractivity contribution in [2.24, 2.45) is 0 Å². The fourth-order valence-corrected chi connectivity index (χ4v) is 2.48. The lowest BCUT2D eigenvalue weighted by atomic mass is 10.2. The largest absolute Gasteiger partial charge is 0.463 e. The van der Waals surface area contributed by atoms with Crippen LogP contribution in [0.1, 0.15) is 32.6 Å². The second-order valence-corrected chi connectivity index (χ2v) is 6.32. The first kappa shape index (κ1) is 21.1. The van der Waals surface area contributed by atoms with Crippen molar-refractivity contribution in [1.29, 1.82) is 0 Å². The van der Waals surface area contributed by atoms with Gasteiger partial charge >= 0.3 is 11.9 Å². The fraction of sp³-hybridized carbons (Fsp3) is 0.375. The Labute approximate surface area is 160 Å². The van der Waals surface area contributed by atoms with E-state index in [0.717, 1.165) is 37.8 Å². The summed E-state index contributed by atoms with van der Waals surface area (Å²) in [6.45, 7) is 2.40. The SMILES string of the molecule is CCCCCCOC(=O)/C=C/C(=O)Oc1cc(Cl)c(Cl)c(Cl)c1Cl. The molecule has 0 atom stereocenters. The molecule has 8 heteroatoms. The van der Waals surface area contributed by atoms with Gasteiger partial charge in [0.25, 0.3) is 0 Å². The van der Waals surface area contributed by atoms with Crippen molar-refractivity contribution in [2.75, 3.05) is 6.61 Å². The van der Waals surface area contributed by atoms with Crippen LogP contribution in [0, 0.1) is 0 Å². The third-order valence-electron chi connectivity index (χ3n) is 2.88. The first-order valence-corrected chi connectivity index (χ1v) is 8.77. The van der Waals surface area contributed by atoms with Crippen LogP contribution in [0.4, 0.5) is 0 Å². The lowest BCUT2D eigenvalue weighted by Crippen LogP contribution is -2.07. The number of hydrogen-bond donors (Lipinski definition) is 0. The van der Waals surface area contributed by atoms with Crippen molar-refractivity contribution in [1.82, 2.24) is 0 Å². The van der Waals surface area contributed by atoms with E-state index in [1.807, 2.05) is 0 Å². The first-order chi connectivity index (χ1) is 11.4. The Bertz CT molecular complexity index is 629. The highest BCUT2D eigenvalue weighted by molar-refractivity contribution is 6.52. The Balaban J connectivity index is 2.53. The van der Waals surface area contributed by atoms with E-state index in [2.05, 4.69) is 6.92 Å². The number of esters is 2. The molecule has 0 spiro atoms. The van der Waals surface area contributed by atoms with E-state index in [9.17, 15) is 9.59 Å². The topological polar surface area (TPSA) is 52.6 Å². The molecule has 1 aromatic carbocycles. The first-order valence-electron chi connectivity index (χ1n) is 7.26. The van der Waals surface area contributed by atoms with Gasteiger partial charge < -0.3 is 9.47 Å². The molecule has 1 rings (SSSR count). The summed E-state index contributed by atoms with van der Waals surface area (Å²) < 4.78 is 9.92. The second-order valence-electron chi connectivity index (χ2n) is 4.78. The molecule has 0 saturated carbocycles. The summed E-state index contributed by atoms with van der Waals surface area (Å²) in [6.07, 6.45) is 5.88. The van der Waals surface area contributed by atoms with Gasteiger partial charge in [0.05, 0.1) is 21.7 Å². The maximum absolute atomic E-state index is 11.7. The van der Waals surface area contributed by atoms with Gasteiger partial charge in [-0.15, -0.1) is 0 Å². The minimum Gasteiger partial charge on any atom is -0.463 e. The molecule has 4 nitrogen and oxygen atoms in total. The number of rotatable bonds is 8. The summed E-state index contributed by atoms with van der Waals surface area (Å²) in [4.78, 5) is 23.1. The number of carbonyl (C=O) groups excluding carboxylic acids is 2. The Morgan fingerprint density at radius 1 is 0.958 bits per heavy atom. The van der Waals surface area contributed by atoms with E-state index in [-0.39, 0.29) is 25.8 Å². The third kappa shape index (κ3) is 6.89. The van der Waals surface area contributed by atoms with Crippen molar-refractivity contribution in [3.63, 3.8) is 0 Å². The van der Waals surface area contributed by atoms with Gasteiger partial charge in [-0.25, -0.2) is 9.59 Å². The highest BCUT2D eigenvalue weighted by Crippen LogP contribution is 2.41. The maximum atomic E-state index is 11.7. The Morgan fingerprint density at radius 2 is 1.62 bits per heavy atom. The summed E-state index contributed by atoms with van der Waals surface area (Å²) in [6, 6.07) is 1.26. The van der Waals surface area contributed by atoms with E-state index in [1.54, 1.807) is 0 Å². The van der Waals surface area contributed by atoms with Gasteiger partial charge in [-0.3, -0.25) is 0 Å². The van der Waals surface area contributed by atoms with Crippen molar-refractivity contribution >= 4 is 58.3 Å². The van der Waals surface area contributed by atoms with Gasteiger partial charge in [-0.1, -0.05) is 72.6 Å². The van der Waals surface area contributed by atoms with E-state index in [1.165, 1.54) is 6.07 Å². The van der Waals surface area contributed by atoms with Crippen molar-refractivity contribution < 1.29 is 19.1 Å². The number of unbranched alkanes of at least 4 members (excludes halogenated alkanes) is 3. The monoisotopic (exact) mass is 412 g/mol.